The van der Waals surface area contributed by atoms with Crippen molar-refractivity contribution in [2.24, 2.45) is 0 Å². The second kappa shape index (κ2) is 32.1. The summed E-state index contributed by atoms with van der Waals surface area (Å²) in [4.78, 5) is 67.6. The van der Waals surface area contributed by atoms with E-state index in [-0.39, 0.29) is 55.5 Å². The van der Waals surface area contributed by atoms with Crippen LogP contribution in [0.25, 0.3) is 0 Å². The van der Waals surface area contributed by atoms with Crippen LogP contribution in [0.4, 0.5) is 0 Å². The second-order valence-corrected chi connectivity index (χ2v) is 15.8. The zero-order valence-corrected chi connectivity index (χ0v) is 37.3. The van der Waals surface area contributed by atoms with Crippen molar-refractivity contribution < 1.29 is 59.4 Å². The Kier molecular flexibility index (Phi) is 32.8. The summed E-state index contributed by atoms with van der Waals surface area (Å²) in [7, 11) is -1.91. The van der Waals surface area contributed by atoms with Gasteiger partial charge in [-0.25, -0.2) is 0 Å². The first kappa shape index (κ1) is 57.4. The Balaban J connectivity index is -0.000000714. The van der Waals surface area contributed by atoms with Gasteiger partial charge in [-0.1, -0.05) is 41.5 Å². The Labute approximate surface area is 336 Å². The van der Waals surface area contributed by atoms with Gasteiger partial charge >= 0.3 is 0 Å². The van der Waals surface area contributed by atoms with Crippen molar-refractivity contribution in [3.8, 4) is 0 Å². The average molecular weight is 849 g/mol. The molecule has 1 saturated heterocycles. The minimum absolute atomic E-state index is 0.00119. The van der Waals surface area contributed by atoms with Crippen LogP contribution in [0.3, 0.4) is 0 Å². The molecular formula is C35H72N6O13S2. The number of rotatable bonds is 21. The smallest absolute Gasteiger partial charge is 0.264 e. The molecule has 1 heterocycles. The van der Waals surface area contributed by atoms with E-state index in [1.165, 1.54) is 4.90 Å². The van der Waals surface area contributed by atoms with Gasteiger partial charge in [-0.3, -0.25) is 37.6 Å². The lowest BCUT2D eigenvalue weighted by Crippen LogP contribution is -2.40. The fourth-order valence-corrected chi connectivity index (χ4v) is 5.16. The number of aliphatic hydroxyl groups is 1. The monoisotopic (exact) mass is 848 g/mol. The first-order chi connectivity index (χ1) is 26.0. The number of carbonyl (C=O) groups is 5. The molecule has 21 heteroatoms. The number of amides is 5. The summed E-state index contributed by atoms with van der Waals surface area (Å²) < 4.78 is 57.8. The van der Waals surface area contributed by atoms with Gasteiger partial charge < -0.3 is 34.3 Å². The maximum Gasteiger partial charge on any atom is 0.264 e. The molecule has 1 atom stereocenters. The van der Waals surface area contributed by atoms with Crippen molar-refractivity contribution in [2.45, 2.75) is 86.3 Å². The van der Waals surface area contributed by atoms with Crippen LogP contribution in [-0.4, -0.2) is 204 Å². The van der Waals surface area contributed by atoms with Crippen LogP contribution < -0.4 is 0 Å². The lowest BCUT2D eigenvalue weighted by molar-refractivity contribution is -0.134. The molecular weight excluding hydrogens is 777 g/mol. The standard InChI is InChI=1S/C12H24N2O5S.C11H22N2O3.C11H22N2O2.CH4O3S/c1-5-11(15)13(3)7-8-14(12(16)6-2)9-10-19-20(4,17)18;1-4-10(15)12(3)6-7-13(8-9-14)11(16)5-2;1-4-10(14)12(3)6-7-13-8-9-15-11(13)5-2;1-5(2,3)4/h5-10H2,1-4H3;14H,4-9H2,1-3H3;11H,4-9H2,1-3H3;1H3,(H,2,3,4). The van der Waals surface area contributed by atoms with Crippen LogP contribution >= 0.6 is 0 Å². The first-order valence-electron chi connectivity index (χ1n) is 19.0. The highest BCUT2D eigenvalue weighted by Crippen LogP contribution is 2.12. The van der Waals surface area contributed by atoms with Gasteiger partial charge in [0.25, 0.3) is 20.2 Å². The minimum Gasteiger partial charge on any atom is -0.395 e. The Morgan fingerprint density at radius 3 is 1.36 bits per heavy atom. The van der Waals surface area contributed by atoms with E-state index in [0.29, 0.717) is 71.1 Å². The predicted octanol–water partition coefficient (Wildman–Crippen LogP) is 0.582. The van der Waals surface area contributed by atoms with Crippen molar-refractivity contribution in [1.82, 2.24) is 29.4 Å². The van der Waals surface area contributed by atoms with E-state index in [1.54, 1.807) is 54.5 Å². The number of nitrogens with zero attached hydrogens (tertiary/aromatic N) is 6. The topological polar surface area (TPSA) is 232 Å². The molecule has 0 aliphatic carbocycles. The zero-order valence-electron chi connectivity index (χ0n) is 35.7. The first-order valence-corrected chi connectivity index (χ1v) is 22.6. The summed E-state index contributed by atoms with van der Waals surface area (Å²) in [5.41, 5.74) is 0. The van der Waals surface area contributed by atoms with Gasteiger partial charge in [-0.2, -0.15) is 16.8 Å². The van der Waals surface area contributed by atoms with E-state index in [2.05, 4.69) is 16.0 Å². The van der Waals surface area contributed by atoms with Crippen LogP contribution in [0.5, 0.6) is 0 Å². The molecule has 1 unspecified atom stereocenters. The van der Waals surface area contributed by atoms with E-state index in [9.17, 15) is 40.8 Å². The number of likely N-dealkylation sites (N-methyl/N-ethyl adjacent to an activating group) is 3. The van der Waals surface area contributed by atoms with Gasteiger partial charge in [-0.15, -0.1) is 0 Å². The lowest BCUT2D eigenvalue weighted by Gasteiger charge is -2.25. The average Bonchev–Trinajstić information content (AvgIpc) is 3.61. The highest BCUT2D eigenvalue weighted by molar-refractivity contribution is 7.86. The molecule has 5 amide bonds. The Morgan fingerprint density at radius 2 is 1.02 bits per heavy atom. The van der Waals surface area contributed by atoms with Gasteiger partial charge in [0.1, 0.15) is 6.23 Å². The molecule has 0 saturated carbocycles. The molecule has 0 radical (unpaired) electrons. The van der Waals surface area contributed by atoms with Crippen molar-refractivity contribution in [3.05, 3.63) is 0 Å². The second-order valence-electron chi connectivity index (χ2n) is 12.7. The fourth-order valence-electron chi connectivity index (χ4n) is 4.78. The van der Waals surface area contributed by atoms with Crippen molar-refractivity contribution in [2.75, 3.05) is 112 Å². The maximum absolute atomic E-state index is 11.7. The van der Waals surface area contributed by atoms with E-state index in [1.807, 2.05) is 20.9 Å². The molecule has 1 fully saturated rings. The summed E-state index contributed by atoms with van der Waals surface area (Å²) in [5.74, 6) is 0.184. The van der Waals surface area contributed by atoms with E-state index in [0.717, 1.165) is 38.9 Å². The van der Waals surface area contributed by atoms with Gasteiger partial charge in [0.15, 0.2) is 0 Å². The molecule has 19 nitrogen and oxygen atoms in total. The molecule has 0 bridgehead atoms. The molecule has 56 heavy (non-hydrogen) atoms. The van der Waals surface area contributed by atoms with E-state index >= 15 is 0 Å². The minimum atomic E-state index is -3.67. The number of aliphatic hydroxyl groups excluding tert-OH is 1. The van der Waals surface area contributed by atoms with Crippen LogP contribution in [0.2, 0.25) is 0 Å². The number of hydrogen-bond acceptors (Lipinski definition) is 13. The zero-order chi connectivity index (χ0) is 44.1. The molecule has 1 aliphatic rings. The van der Waals surface area contributed by atoms with Crippen LogP contribution in [0.15, 0.2) is 0 Å². The lowest BCUT2D eigenvalue weighted by atomic mass is 10.3. The summed E-state index contributed by atoms with van der Waals surface area (Å²) in [6.45, 7) is 16.8. The van der Waals surface area contributed by atoms with Crippen molar-refractivity contribution in [1.29, 1.82) is 0 Å². The third-order valence-electron chi connectivity index (χ3n) is 8.10. The summed E-state index contributed by atoms with van der Waals surface area (Å²) >= 11 is 0. The Morgan fingerprint density at radius 1 is 0.643 bits per heavy atom. The summed E-state index contributed by atoms with van der Waals surface area (Å²) in [6.07, 6.45) is 5.17. The molecule has 2 N–H and O–H groups in total. The van der Waals surface area contributed by atoms with Crippen LogP contribution in [0, 0.1) is 0 Å². The van der Waals surface area contributed by atoms with Crippen LogP contribution in [0.1, 0.15) is 80.1 Å². The Hall–Kier alpha value is -2.95. The SMILES string of the molecule is CCC(=O)N(C)CCN(CCO)C(=O)CC.CCC(=O)N(C)CCN(CCOS(C)(=O)=O)C(=O)CC.CCC(=O)N(C)CCN1CCOC1CC.CS(=O)(=O)O. The summed E-state index contributed by atoms with van der Waals surface area (Å²) in [6, 6.07) is 0. The third kappa shape index (κ3) is 31.2. The highest BCUT2D eigenvalue weighted by atomic mass is 32.2. The predicted molar refractivity (Wildman–Crippen MR) is 214 cm³/mol. The fraction of sp³-hybridized carbons (Fsp3) is 0.857. The number of hydrogen-bond donors (Lipinski definition) is 2. The largest absolute Gasteiger partial charge is 0.395 e. The van der Waals surface area contributed by atoms with Crippen molar-refractivity contribution in [3.63, 3.8) is 0 Å². The molecule has 332 valence electrons. The summed E-state index contributed by atoms with van der Waals surface area (Å²) in [5, 5.41) is 8.83. The van der Waals surface area contributed by atoms with Gasteiger partial charge in [0, 0.05) is 112 Å². The molecule has 0 aromatic heterocycles. The maximum atomic E-state index is 11.7. The molecule has 1 aliphatic heterocycles. The number of carbonyl (C=O) groups excluding carboxylic acids is 5. The van der Waals surface area contributed by atoms with E-state index < -0.39 is 20.2 Å². The quantitative estimate of drug-likeness (QED) is 0.119. The highest BCUT2D eigenvalue weighted by Gasteiger charge is 2.23. The van der Waals surface area contributed by atoms with Crippen LogP contribution in [-0.2, 0) is 53.1 Å². The van der Waals surface area contributed by atoms with Gasteiger partial charge in [0.05, 0.1) is 32.3 Å². The molecule has 0 aromatic carbocycles. The van der Waals surface area contributed by atoms with Gasteiger partial charge in [-0.05, 0) is 6.42 Å². The number of ether oxygens (including phenoxy) is 1. The Bertz CT molecular complexity index is 1350. The molecule has 0 spiro atoms. The van der Waals surface area contributed by atoms with Crippen molar-refractivity contribution >= 4 is 49.8 Å². The normalized spacial score (nSPS) is 13.8. The van der Waals surface area contributed by atoms with Gasteiger partial charge in [0.2, 0.25) is 29.5 Å². The third-order valence-corrected chi connectivity index (χ3v) is 8.70. The molecule has 1 rings (SSSR count). The van der Waals surface area contributed by atoms with E-state index in [4.69, 9.17) is 14.4 Å². The molecule has 0 aromatic rings.